The van der Waals surface area contributed by atoms with Crippen LogP contribution >= 0.6 is 11.3 Å². The quantitative estimate of drug-likeness (QED) is 0.273. The van der Waals surface area contributed by atoms with Crippen molar-refractivity contribution in [2.24, 2.45) is 0 Å². The van der Waals surface area contributed by atoms with Crippen molar-refractivity contribution in [3.63, 3.8) is 0 Å². The summed E-state index contributed by atoms with van der Waals surface area (Å²) < 4.78 is 15.6. The second-order valence-electron chi connectivity index (χ2n) is 9.65. The van der Waals surface area contributed by atoms with Crippen molar-refractivity contribution in [3.8, 4) is 11.1 Å². The fraction of sp³-hybridized carbons (Fsp3) is 0.214. The topological polar surface area (TPSA) is 18.5 Å². The summed E-state index contributed by atoms with van der Waals surface area (Å²) in [5.74, 6) is 0. The van der Waals surface area contributed by atoms with Gasteiger partial charge in [0.25, 0.3) is 0 Å². The standard InChI is InChI=1S/C28H25BO2S/c1-27(2)28(3,4)31-29(30-27)22-15-16-24-26(21-11-7-8-12-23(21)32-24)25(22)20-14-13-18-9-5-6-10-19(18)17-20/h5-17H,1-4H3. The molecular formula is C28H25BO2S. The van der Waals surface area contributed by atoms with Crippen LogP contribution < -0.4 is 5.46 Å². The highest BCUT2D eigenvalue weighted by atomic mass is 32.1. The van der Waals surface area contributed by atoms with E-state index in [9.17, 15) is 0 Å². The molecule has 4 aromatic carbocycles. The molecule has 2 heterocycles. The first-order valence-electron chi connectivity index (χ1n) is 11.1. The minimum Gasteiger partial charge on any atom is -0.399 e. The Hall–Kier alpha value is -2.66. The Balaban J connectivity index is 1.67. The molecule has 0 aliphatic carbocycles. The van der Waals surface area contributed by atoms with Gasteiger partial charge in [-0.15, -0.1) is 11.3 Å². The molecule has 0 spiro atoms. The number of benzene rings is 4. The highest BCUT2D eigenvalue weighted by Crippen LogP contribution is 2.42. The lowest BCUT2D eigenvalue weighted by Crippen LogP contribution is -2.41. The molecule has 0 unspecified atom stereocenters. The summed E-state index contributed by atoms with van der Waals surface area (Å²) in [6.45, 7) is 8.45. The molecule has 4 heteroatoms. The van der Waals surface area contributed by atoms with Crippen LogP contribution in [0, 0.1) is 0 Å². The van der Waals surface area contributed by atoms with Gasteiger partial charge in [0.05, 0.1) is 11.2 Å². The zero-order valence-corrected chi connectivity index (χ0v) is 19.6. The lowest BCUT2D eigenvalue weighted by molar-refractivity contribution is 0.00578. The third kappa shape index (κ3) is 2.94. The van der Waals surface area contributed by atoms with E-state index < -0.39 is 7.12 Å². The summed E-state index contributed by atoms with van der Waals surface area (Å²) in [5.41, 5.74) is 2.73. The molecule has 1 aromatic heterocycles. The lowest BCUT2D eigenvalue weighted by atomic mass is 9.73. The Morgan fingerprint density at radius 2 is 1.38 bits per heavy atom. The SMILES string of the molecule is CC1(C)OB(c2ccc3sc4ccccc4c3c2-c2ccc3ccccc3c2)OC1(C)C. The largest absolute Gasteiger partial charge is 0.495 e. The summed E-state index contributed by atoms with van der Waals surface area (Å²) in [5, 5.41) is 5.05. The number of hydrogen-bond donors (Lipinski definition) is 0. The van der Waals surface area contributed by atoms with Crippen LogP contribution in [0.25, 0.3) is 42.1 Å². The van der Waals surface area contributed by atoms with Gasteiger partial charge >= 0.3 is 7.12 Å². The molecule has 0 saturated carbocycles. The first kappa shape index (κ1) is 20.0. The minimum absolute atomic E-state index is 0.385. The maximum Gasteiger partial charge on any atom is 0.495 e. The van der Waals surface area contributed by atoms with E-state index in [1.54, 1.807) is 0 Å². The normalized spacial score (nSPS) is 17.6. The Kier molecular flexibility index (Phi) is 4.32. The van der Waals surface area contributed by atoms with Crippen molar-refractivity contribution in [2.45, 2.75) is 38.9 Å². The Bertz CT molecular complexity index is 1480. The van der Waals surface area contributed by atoms with Crippen LogP contribution in [0.3, 0.4) is 0 Å². The monoisotopic (exact) mass is 436 g/mol. The third-order valence-electron chi connectivity index (χ3n) is 7.12. The molecule has 0 atom stereocenters. The van der Waals surface area contributed by atoms with E-state index >= 15 is 0 Å². The average molecular weight is 436 g/mol. The van der Waals surface area contributed by atoms with Crippen molar-refractivity contribution in [2.75, 3.05) is 0 Å². The highest BCUT2D eigenvalue weighted by Gasteiger charge is 2.52. The van der Waals surface area contributed by atoms with Crippen molar-refractivity contribution < 1.29 is 9.31 Å². The predicted molar refractivity (Wildman–Crippen MR) is 138 cm³/mol. The molecular weight excluding hydrogens is 411 g/mol. The zero-order valence-electron chi connectivity index (χ0n) is 18.8. The van der Waals surface area contributed by atoms with Gasteiger partial charge in [0.15, 0.2) is 0 Å². The van der Waals surface area contributed by atoms with Gasteiger partial charge in [0.2, 0.25) is 0 Å². The summed E-state index contributed by atoms with van der Waals surface area (Å²) in [6, 6.07) is 28.4. The number of fused-ring (bicyclic) bond motifs is 4. The molecule has 6 rings (SSSR count). The molecule has 0 N–H and O–H groups in total. The molecule has 5 aromatic rings. The summed E-state index contributed by atoms with van der Waals surface area (Å²) in [6.07, 6.45) is 0. The number of rotatable bonds is 2. The van der Waals surface area contributed by atoms with Crippen LogP contribution in [-0.2, 0) is 9.31 Å². The van der Waals surface area contributed by atoms with Gasteiger partial charge in [-0.3, -0.25) is 0 Å². The van der Waals surface area contributed by atoms with E-state index in [0.29, 0.717) is 0 Å². The van der Waals surface area contributed by atoms with Crippen LogP contribution in [0.2, 0.25) is 0 Å². The lowest BCUT2D eigenvalue weighted by Gasteiger charge is -2.32. The fourth-order valence-electron chi connectivity index (χ4n) is 4.66. The maximum atomic E-state index is 6.52. The van der Waals surface area contributed by atoms with Crippen LogP contribution in [-0.4, -0.2) is 18.3 Å². The van der Waals surface area contributed by atoms with Crippen LogP contribution in [0.1, 0.15) is 27.7 Å². The second kappa shape index (κ2) is 6.92. The van der Waals surface area contributed by atoms with Crippen LogP contribution in [0.5, 0.6) is 0 Å². The van der Waals surface area contributed by atoms with E-state index in [2.05, 4.69) is 107 Å². The first-order chi connectivity index (χ1) is 15.3. The molecule has 0 radical (unpaired) electrons. The molecule has 1 fully saturated rings. The highest BCUT2D eigenvalue weighted by molar-refractivity contribution is 7.26. The van der Waals surface area contributed by atoms with Crippen LogP contribution in [0.4, 0.5) is 0 Å². The van der Waals surface area contributed by atoms with E-state index in [1.165, 1.54) is 42.1 Å². The van der Waals surface area contributed by atoms with E-state index in [-0.39, 0.29) is 11.2 Å². The Morgan fingerprint density at radius 3 is 2.16 bits per heavy atom. The molecule has 0 bridgehead atoms. The summed E-state index contributed by atoms with van der Waals surface area (Å²) >= 11 is 1.84. The van der Waals surface area contributed by atoms with E-state index in [4.69, 9.17) is 9.31 Å². The molecule has 0 amide bonds. The van der Waals surface area contributed by atoms with Crippen molar-refractivity contribution in [1.29, 1.82) is 0 Å². The summed E-state index contributed by atoms with van der Waals surface area (Å²) in [4.78, 5) is 0. The molecule has 1 aliphatic heterocycles. The second-order valence-corrected chi connectivity index (χ2v) is 10.7. The predicted octanol–water partition coefficient (Wildman–Crippen LogP) is 7.17. The minimum atomic E-state index is -0.412. The molecule has 1 saturated heterocycles. The van der Waals surface area contributed by atoms with Gasteiger partial charge < -0.3 is 9.31 Å². The van der Waals surface area contributed by atoms with Crippen molar-refractivity contribution in [3.05, 3.63) is 78.9 Å². The van der Waals surface area contributed by atoms with Crippen molar-refractivity contribution >= 4 is 54.9 Å². The van der Waals surface area contributed by atoms with E-state index in [0.717, 1.165) is 5.46 Å². The average Bonchev–Trinajstić information content (AvgIpc) is 3.26. The van der Waals surface area contributed by atoms with Gasteiger partial charge in [-0.25, -0.2) is 0 Å². The van der Waals surface area contributed by atoms with Gasteiger partial charge in [0, 0.05) is 20.2 Å². The van der Waals surface area contributed by atoms with Gasteiger partial charge in [0.1, 0.15) is 0 Å². The molecule has 32 heavy (non-hydrogen) atoms. The first-order valence-corrected chi connectivity index (χ1v) is 11.9. The summed E-state index contributed by atoms with van der Waals surface area (Å²) in [7, 11) is -0.412. The van der Waals surface area contributed by atoms with Crippen LogP contribution in [0.15, 0.2) is 78.9 Å². The molecule has 2 nitrogen and oxygen atoms in total. The fourth-order valence-corrected chi connectivity index (χ4v) is 5.77. The zero-order chi connectivity index (χ0) is 22.1. The van der Waals surface area contributed by atoms with Gasteiger partial charge in [-0.1, -0.05) is 60.7 Å². The van der Waals surface area contributed by atoms with Crippen molar-refractivity contribution in [1.82, 2.24) is 0 Å². The van der Waals surface area contributed by atoms with Gasteiger partial charge in [-0.2, -0.15) is 0 Å². The third-order valence-corrected chi connectivity index (χ3v) is 8.26. The molecule has 158 valence electrons. The van der Waals surface area contributed by atoms with Gasteiger partial charge in [-0.05, 0) is 73.3 Å². The molecule has 1 aliphatic rings. The number of thiophene rings is 1. The Labute approximate surface area is 192 Å². The smallest absolute Gasteiger partial charge is 0.399 e. The maximum absolute atomic E-state index is 6.52. The Morgan fingerprint density at radius 1 is 0.688 bits per heavy atom. The van der Waals surface area contributed by atoms with E-state index in [1.807, 2.05) is 11.3 Å². The number of hydrogen-bond acceptors (Lipinski definition) is 3.